The van der Waals surface area contributed by atoms with Gasteiger partial charge in [-0.3, -0.25) is 9.59 Å². The highest BCUT2D eigenvalue weighted by atomic mass is 19.3. The highest BCUT2D eigenvalue weighted by Crippen LogP contribution is 2.19. The molecule has 9 heteroatoms. The SMILES string of the molecule is O=C(c1cccc(OC(F)F)c1)N1CCN(C(=O)c2ccc(F)c(F)c2)CC1. The van der Waals surface area contributed by atoms with Crippen molar-refractivity contribution < 1.29 is 31.9 Å². The normalized spacial score (nSPS) is 14.3. The zero-order valence-electron chi connectivity index (χ0n) is 14.6. The maximum Gasteiger partial charge on any atom is 0.387 e. The molecule has 0 unspecified atom stereocenters. The Labute approximate surface area is 158 Å². The summed E-state index contributed by atoms with van der Waals surface area (Å²) >= 11 is 0. The number of amides is 2. The number of halogens is 4. The molecule has 2 aromatic carbocycles. The summed E-state index contributed by atoms with van der Waals surface area (Å²) in [7, 11) is 0. The lowest BCUT2D eigenvalue weighted by Gasteiger charge is -2.35. The van der Waals surface area contributed by atoms with Gasteiger partial charge in [-0.1, -0.05) is 6.07 Å². The third-order valence-corrected chi connectivity index (χ3v) is 4.33. The van der Waals surface area contributed by atoms with Crippen molar-refractivity contribution in [3.8, 4) is 5.75 Å². The minimum Gasteiger partial charge on any atom is -0.435 e. The van der Waals surface area contributed by atoms with E-state index in [0.29, 0.717) is 0 Å². The van der Waals surface area contributed by atoms with E-state index in [-0.39, 0.29) is 49.0 Å². The molecule has 1 fully saturated rings. The molecular formula is C19H16F4N2O3. The molecule has 3 rings (SSSR count). The molecule has 0 atom stereocenters. The number of piperazine rings is 1. The molecule has 0 spiro atoms. The first-order valence-corrected chi connectivity index (χ1v) is 8.43. The minimum absolute atomic E-state index is 0.0236. The minimum atomic E-state index is -2.99. The molecule has 1 heterocycles. The van der Waals surface area contributed by atoms with E-state index in [1.165, 1.54) is 40.1 Å². The van der Waals surface area contributed by atoms with E-state index in [2.05, 4.69) is 4.74 Å². The number of hydrogen-bond acceptors (Lipinski definition) is 3. The fraction of sp³-hybridized carbons (Fsp3) is 0.263. The zero-order chi connectivity index (χ0) is 20.3. The number of rotatable bonds is 4. The maximum absolute atomic E-state index is 13.3. The molecule has 2 aromatic rings. The largest absolute Gasteiger partial charge is 0.435 e. The molecule has 0 aromatic heterocycles. The zero-order valence-corrected chi connectivity index (χ0v) is 14.6. The number of nitrogens with zero attached hydrogens (tertiary/aromatic N) is 2. The average molecular weight is 396 g/mol. The van der Waals surface area contributed by atoms with Crippen molar-refractivity contribution in [2.45, 2.75) is 6.61 Å². The van der Waals surface area contributed by atoms with Crippen LogP contribution < -0.4 is 4.74 Å². The van der Waals surface area contributed by atoms with Gasteiger partial charge >= 0.3 is 6.61 Å². The predicted molar refractivity (Wildman–Crippen MR) is 91.2 cm³/mol. The summed E-state index contributed by atoms with van der Waals surface area (Å²) in [5, 5.41) is 0. The number of alkyl halides is 2. The van der Waals surface area contributed by atoms with Gasteiger partial charge in [-0.25, -0.2) is 8.78 Å². The fourth-order valence-corrected chi connectivity index (χ4v) is 2.91. The molecule has 1 saturated heterocycles. The second-order valence-corrected chi connectivity index (χ2v) is 6.12. The van der Waals surface area contributed by atoms with Gasteiger partial charge in [0.25, 0.3) is 11.8 Å². The van der Waals surface area contributed by atoms with Gasteiger partial charge in [0.15, 0.2) is 11.6 Å². The number of benzene rings is 2. The van der Waals surface area contributed by atoms with Crippen LogP contribution >= 0.6 is 0 Å². The van der Waals surface area contributed by atoms with Crippen LogP contribution in [-0.2, 0) is 0 Å². The van der Waals surface area contributed by atoms with Gasteiger partial charge in [0.2, 0.25) is 0 Å². The quantitative estimate of drug-likeness (QED) is 0.746. The van der Waals surface area contributed by atoms with Crippen LogP contribution in [0.4, 0.5) is 17.6 Å². The second-order valence-electron chi connectivity index (χ2n) is 6.12. The van der Waals surface area contributed by atoms with E-state index >= 15 is 0 Å². The molecule has 5 nitrogen and oxygen atoms in total. The number of ether oxygens (including phenoxy) is 1. The van der Waals surface area contributed by atoms with Gasteiger partial charge in [0.05, 0.1) is 0 Å². The lowest BCUT2D eigenvalue weighted by molar-refractivity contribution is -0.0499. The highest BCUT2D eigenvalue weighted by Gasteiger charge is 2.26. The average Bonchev–Trinajstić information content (AvgIpc) is 2.69. The number of hydrogen-bond donors (Lipinski definition) is 0. The third-order valence-electron chi connectivity index (χ3n) is 4.33. The Morgan fingerprint density at radius 1 is 0.821 bits per heavy atom. The van der Waals surface area contributed by atoms with Gasteiger partial charge in [-0.05, 0) is 36.4 Å². The molecule has 1 aliphatic rings. The standard InChI is InChI=1S/C19H16F4N2O3/c20-15-5-4-13(11-16(15)21)18(27)25-8-6-24(7-9-25)17(26)12-2-1-3-14(10-12)28-19(22)23/h1-5,10-11,19H,6-9H2. The Balaban J connectivity index is 1.62. The smallest absolute Gasteiger partial charge is 0.387 e. The van der Waals surface area contributed by atoms with Gasteiger partial charge < -0.3 is 14.5 Å². The number of carbonyl (C=O) groups is 2. The monoisotopic (exact) mass is 396 g/mol. The van der Waals surface area contributed by atoms with E-state index in [9.17, 15) is 27.2 Å². The van der Waals surface area contributed by atoms with Gasteiger partial charge in [-0.2, -0.15) is 8.78 Å². The summed E-state index contributed by atoms with van der Waals surface area (Å²) in [4.78, 5) is 27.9. The topological polar surface area (TPSA) is 49.9 Å². The molecule has 0 N–H and O–H groups in total. The Morgan fingerprint density at radius 2 is 1.39 bits per heavy atom. The van der Waals surface area contributed by atoms with Crippen molar-refractivity contribution in [2.75, 3.05) is 26.2 Å². The molecule has 2 amide bonds. The Kier molecular flexibility index (Phi) is 5.81. The summed E-state index contributed by atoms with van der Waals surface area (Å²) in [5.74, 6) is -3.10. The Hall–Kier alpha value is -3.10. The summed E-state index contributed by atoms with van der Waals surface area (Å²) in [6, 6.07) is 8.40. The van der Waals surface area contributed by atoms with Crippen LogP contribution in [0.2, 0.25) is 0 Å². The van der Waals surface area contributed by atoms with E-state index in [1.54, 1.807) is 0 Å². The van der Waals surface area contributed by atoms with E-state index in [0.717, 1.165) is 12.1 Å². The van der Waals surface area contributed by atoms with Crippen LogP contribution in [-0.4, -0.2) is 54.4 Å². The van der Waals surface area contributed by atoms with Crippen molar-refractivity contribution in [1.29, 1.82) is 0 Å². The Morgan fingerprint density at radius 3 is 1.93 bits per heavy atom. The lowest BCUT2D eigenvalue weighted by atomic mass is 10.1. The molecule has 0 bridgehead atoms. The summed E-state index contributed by atoms with van der Waals surface area (Å²) in [5.41, 5.74) is 0.217. The van der Waals surface area contributed by atoms with Crippen molar-refractivity contribution in [3.63, 3.8) is 0 Å². The van der Waals surface area contributed by atoms with Crippen molar-refractivity contribution in [3.05, 3.63) is 65.2 Å². The molecule has 28 heavy (non-hydrogen) atoms. The molecular weight excluding hydrogens is 380 g/mol. The van der Waals surface area contributed by atoms with E-state index in [4.69, 9.17) is 0 Å². The van der Waals surface area contributed by atoms with Crippen LogP contribution in [0.1, 0.15) is 20.7 Å². The maximum atomic E-state index is 13.3. The summed E-state index contributed by atoms with van der Waals surface area (Å²) in [6.45, 7) is -2.15. The molecule has 1 aliphatic heterocycles. The predicted octanol–water partition coefficient (Wildman–Crippen LogP) is 3.16. The van der Waals surface area contributed by atoms with Crippen LogP contribution in [0.5, 0.6) is 5.75 Å². The molecule has 148 valence electrons. The first-order valence-electron chi connectivity index (χ1n) is 8.43. The van der Waals surface area contributed by atoms with Crippen LogP contribution in [0.25, 0.3) is 0 Å². The van der Waals surface area contributed by atoms with Crippen molar-refractivity contribution >= 4 is 11.8 Å². The molecule has 0 aliphatic carbocycles. The van der Waals surface area contributed by atoms with Crippen molar-refractivity contribution in [1.82, 2.24) is 9.80 Å². The fourth-order valence-electron chi connectivity index (χ4n) is 2.91. The van der Waals surface area contributed by atoms with E-state index < -0.39 is 24.2 Å². The van der Waals surface area contributed by atoms with Crippen LogP contribution in [0.15, 0.2) is 42.5 Å². The number of carbonyl (C=O) groups excluding carboxylic acids is 2. The third kappa shape index (κ3) is 4.41. The van der Waals surface area contributed by atoms with Gasteiger partial charge in [-0.15, -0.1) is 0 Å². The lowest BCUT2D eigenvalue weighted by Crippen LogP contribution is -2.50. The first kappa shape index (κ1) is 19.7. The summed E-state index contributed by atoms with van der Waals surface area (Å²) < 4.78 is 55.3. The second kappa shape index (κ2) is 8.28. The first-order chi connectivity index (χ1) is 13.3. The Bertz CT molecular complexity index is 883. The van der Waals surface area contributed by atoms with E-state index in [1.807, 2.05) is 0 Å². The highest BCUT2D eigenvalue weighted by molar-refractivity contribution is 5.96. The van der Waals surface area contributed by atoms with Gasteiger partial charge in [0.1, 0.15) is 5.75 Å². The molecule has 0 saturated carbocycles. The van der Waals surface area contributed by atoms with Crippen molar-refractivity contribution in [2.24, 2.45) is 0 Å². The molecule has 0 radical (unpaired) electrons. The van der Waals surface area contributed by atoms with Crippen LogP contribution in [0, 0.1) is 11.6 Å². The van der Waals surface area contributed by atoms with Gasteiger partial charge in [0, 0.05) is 37.3 Å². The van der Waals surface area contributed by atoms with Crippen LogP contribution in [0.3, 0.4) is 0 Å². The summed E-state index contributed by atoms with van der Waals surface area (Å²) in [6.07, 6.45) is 0.